The molecule has 6 nitrogen and oxygen atoms in total. The summed E-state index contributed by atoms with van der Waals surface area (Å²) < 4.78 is 5.55. The second-order valence-electron chi connectivity index (χ2n) is 6.34. The molecule has 1 N–H and O–H groups in total. The summed E-state index contributed by atoms with van der Waals surface area (Å²) in [6, 6.07) is 10.5. The number of benzene rings is 1. The standard InChI is InChI=1S/C18H21N5OS/c1-12-16(25-15(20-12)10-13-6-4-3-5-7-13)18-21-17(22-24-18)14-11-19-8-9-23(14)2/h3-7,14,19H,8-11H2,1-2H3. The molecular formula is C18H21N5OS. The fourth-order valence-corrected chi connectivity index (χ4v) is 4.07. The zero-order chi connectivity index (χ0) is 17.2. The van der Waals surface area contributed by atoms with Crippen LogP contribution < -0.4 is 5.32 Å². The number of nitrogens with zero attached hydrogens (tertiary/aromatic N) is 4. The van der Waals surface area contributed by atoms with Crippen LogP contribution in [-0.2, 0) is 6.42 Å². The van der Waals surface area contributed by atoms with Crippen LogP contribution >= 0.6 is 11.3 Å². The molecule has 1 fully saturated rings. The topological polar surface area (TPSA) is 67.1 Å². The Bertz CT molecular complexity index is 844. The van der Waals surface area contributed by atoms with Crippen molar-refractivity contribution in [3.63, 3.8) is 0 Å². The second kappa shape index (κ2) is 7.03. The first-order valence-corrected chi connectivity index (χ1v) is 9.27. The van der Waals surface area contributed by atoms with Gasteiger partial charge in [-0.2, -0.15) is 4.98 Å². The van der Waals surface area contributed by atoms with Crippen molar-refractivity contribution in [3.05, 3.63) is 52.4 Å². The fourth-order valence-electron chi connectivity index (χ4n) is 3.05. The Labute approximate surface area is 150 Å². The van der Waals surface area contributed by atoms with Crippen LogP contribution in [0.4, 0.5) is 0 Å². The lowest BCUT2D eigenvalue weighted by Gasteiger charge is -2.30. The maximum absolute atomic E-state index is 5.55. The van der Waals surface area contributed by atoms with Crippen LogP contribution in [-0.4, -0.2) is 46.7 Å². The van der Waals surface area contributed by atoms with Crippen LogP contribution in [0.3, 0.4) is 0 Å². The third-order valence-corrected chi connectivity index (χ3v) is 5.63. The number of hydrogen-bond donors (Lipinski definition) is 1. The minimum atomic E-state index is 0.156. The van der Waals surface area contributed by atoms with Crippen LogP contribution in [0.15, 0.2) is 34.9 Å². The monoisotopic (exact) mass is 355 g/mol. The van der Waals surface area contributed by atoms with Gasteiger partial charge in [0.15, 0.2) is 5.82 Å². The normalized spacial score (nSPS) is 18.6. The van der Waals surface area contributed by atoms with Crippen molar-refractivity contribution in [1.29, 1.82) is 0 Å². The van der Waals surface area contributed by atoms with Crippen molar-refractivity contribution in [3.8, 4) is 10.8 Å². The Balaban J connectivity index is 1.56. The highest BCUT2D eigenvalue weighted by molar-refractivity contribution is 7.15. The number of aromatic nitrogens is 3. The molecule has 1 aliphatic rings. The molecule has 4 rings (SSSR count). The molecule has 0 amide bonds. The summed E-state index contributed by atoms with van der Waals surface area (Å²) in [5, 5.41) is 8.66. The van der Waals surface area contributed by atoms with E-state index in [2.05, 4.69) is 56.7 Å². The molecule has 1 atom stereocenters. The van der Waals surface area contributed by atoms with Gasteiger partial charge in [0.25, 0.3) is 5.89 Å². The van der Waals surface area contributed by atoms with Crippen LogP contribution in [0.1, 0.15) is 28.1 Å². The Morgan fingerprint density at radius 1 is 1.28 bits per heavy atom. The predicted octanol–water partition coefficient (Wildman–Crippen LogP) is 2.67. The van der Waals surface area contributed by atoms with E-state index in [-0.39, 0.29) is 6.04 Å². The maximum Gasteiger partial charge on any atom is 0.269 e. The SMILES string of the molecule is Cc1nc(Cc2ccccc2)sc1-c1nc(C2CNCCN2C)no1. The molecule has 0 spiro atoms. The van der Waals surface area contributed by atoms with Crippen LogP contribution in [0, 0.1) is 6.92 Å². The molecule has 130 valence electrons. The van der Waals surface area contributed by atoms with Gasteiger partial charge in [0.2, 0.25) is 0 Å². The lowest BCUT2D eigenvalue weighted by atomic mass is 10.2. The quantitative estimate of drug-likeness (QED) is 0.776. The van der Waals surface area contributed by atoms with E-state index >= 15 is 0 Å². The average Bonchev–Trinajstić information content (AvgIpc) is 3.23. The third-order valence-electron chi connectivity index (χ3n) is 4.48. The summed E-state index contributed by atoms with van der Waals surface area (Å²) in [5.41, 5.74) is 2.20. The Kier molecular flexibility index (Phi) is 4.61. The van der Waals surface area contributed by atoms with E-state index in [9.17, 15) is 0 Å². The van der Waals surface area contributed by atoms with Gasteiger partial charge in [0.05, 0.1) is 16.7 Å². The minimum absolute atomic E-state index is 0.156. The van der Waals surface area contributed by atoms with Gasteiger partial charge in [0, 0.05) is 26.1 Å². The van der Waals surface area contributed by atoms with Gasteiger partial charge in [-0.15, -0.1) is 11.3 Å². The zero-order valence-electron chi connectivity index (χ0n) is 14.4. The van der Waals surface area contributed by atoms with Crippen molar-refractivity contribution in [2.24, 2.45) is 0 Å². The first-order chi connectivity index (χ1) is 12.2. The lowest BCUT2D eigenvalue weighted by molar-refractivity contribution is 0.190. The third kappa shape index (κ3) is 3.49. The Morgan fingerprint density at radius 2 is 2.12 bits per heavy atom. The number of aryl methyl sites for hydroxylation is 1. The van der Waals surface area contributed by atoms with E-state index in [1.54, 1.807) is 11.3 Å². The number of likely N-dealkylation sites (N-methyl/N-ethyl adjacent to an activating group) is 1. The summed E-state index contributed by atoms with van der Waals surface area (Å²) >= 11 is 1.63. The minimum Gasteiger partial charge on any atom is -0.333 e. The van der Waals surface area contributed by atoms with E-state index in [0.717, 1.165) is 47.5 Å². The van der Waals surface area contributed by atoms with Crippen molar-refractivity contribution in [1.82, 2.24) is 25.3 Å². The number of nitrogens with one attached hydrogen (secondary N) is 1. The van der Waals surface area contributed by atoms with Crippen molar-refractivity contribution >= 4 is 11.3 Å². The Morgan fingerprint density at radius 3 is 2.92 bits per heavy atom. The molecule has 7 heteroatoms. The lowest BCUT2D eigenvalue weighted by Crippen LogP contribution is -2.44. The van der Waals surface area contributed by atoms with E-state index in [1.165, 1.54) is 5.56 Å². The van der Waals surface area contributed by atoms with Crippen LogP contribution in [0.25, 0.3) is 10.8 Å². The molecule has 1 saturated heterocycles. The average molecular weight is 355 g/mol. The number of hydrogen-bond acceptors (Lipinski definition) is 7. The largest absolute Gasteiger partial charge is 0.333 e. The highest BCUT2D eigenvalue weighted by atomic mass is 32.1. The van der Waals surface area contributed by atoms with E-state index in [1.807, 2.05) is 13.0 Å². The highest BCUT2D eigenvalue weighted by Gasteiger charge is 2.26. The first kappa shape index (κ1) is 16.4. The molecule has 2 aromatic heterocycles. The smallest absolute Gasteiger partial charge is 0.269 e. The predicted molar refractivity (Wildman–Crippen MR) is 97.6 cm³/mol. The Hall–Kier alpha value is -2.09. The molecule has 0 bridgehead atoms. The van der Waals surface area contributed by atoms with Gasteiger partial charge in [0.1, 0.15) is 4.88 Å². The molecule has 1 aromatic carbocycles. The molecular weight excluding hydrogens is 334 g/mol. The van der Waals surface area contributed by atoms with Gasteiger partial charge in [-0.1, -0.05) is 35.5 Å². The summed E-state index contributed by atoms with van der Waals surface area (Å²) in [4.78, 5) is 12.6. The van der Waals surface area contributed by atoms with Gasteiger partial charge in [-0.3, -0.25) is 4.90 Å². The van der Waals surface area contributed by atoms with Crippen LogP contribution in [0.2, 0.25) is 0 Å². The van der Waals surface area contributed by atoms with E-state index < -0.39 is 0 Å². The zero-order valence-corrected chi connectivity index (χ0v) is 15.2. The molecule has 3 aromatic rings. The molecule has 1 aliphatic heterocycles. The van der Waals surface area contributed by atoms with E-state index in [4.69, 9.17) is 4.52 Å². The summed E-state index contributed by atoms with van der Waals surface area (Å²) in [6.45, 7) is 4.82. The van der Waals surface area contributed by atoms with Crippen LogP contribution in [0.5, 0.6) is 0 Å². The molecule has 3 heterocycles. The second-order valence-corrected chi connectivity index (χ2v) is 7.43. The molecule has 0 saturated carbocycles. The van der Waals surface area contributed by atoms with Gasteiger partial charge >= 0.3 is 0 Å². The fraction of sp³-hybridized carbons (Fsp3) is 0.389. The summed E-state index contributed by atoms with van der Waals surface area (Å²) in [5.74, 6) is 1.31. The molecule has 25 heavy (non-hydrogen) atoms. The number of rotatable bonds is 4. The maximum atomic E-state index is 5.55. The molecule has 0 aliphatic carbocycles. The number of thiazole rings is 1. The van der Waals surface area contributed by atoms with Crippen molar-refractivity contribution in [2.45, 2.75) is 19.4 Å². The summed E-state index contributed by atoms with van der Waals surface area (Å²) in [7, 11) is 2.09. The van der Waals surface area contributed by atoms with Crippen molar-refractivity contribution < 1.29 is 4.52 Å². The highest BCUT2D eigenvalue weighted by Crippen LogP contribution is 2.31. The first-order valence-electron chi connectivity index (χ1n) is 8.46. The van der Waals surface area contributed by atoms with Gasteiger partial charge in [-0.05, 0) is 19.5 Å². The number of piperazine rings is 1. The summed E-state index contributed by atoms with van der Waals surface area (Å²) in [6.07, 6.45) is 0.822. The van der Waals surface area contributed by atoms with Gasteiger partial charge in [-0.25, -0.2) is 4.98 Å². The van der Waals surface area contributed by atoms with Crippen molar-refractivity contribution in [2.75, 3.05) is 26.7 Å². The van der Waals surface area contributed by atoms with E-state index in [0.29, 0.717) is 5.89 Å². The molecule has 1 unspecified atom stereocenters. The molecule has 0 radical (unpaired) electrons. The van der Waals surface area contributed by atoms with Gasteiger partial charge < -0.3 is 9.84 Å².